The quantitative estimate of drug-likeness (QED) is 0.576. The highest BCUT2D eigenvalue weighted by atomic mass is 15.3. The highest BCUT2D eigenvalue weighted by Gasteiger charge is 2.11. The maximum atomic E-state index is 4.80. The van der Waals surface area contributed by atoms with E-state index in [4.69, 9.17) is 4.98 Å². The standard InChI is InChI=1S/C22H23N5/c1-15-4-6-18(7-5-15)8-9-24-21-11-20(19-10-16(2)12-23-14-19)26-22-17(3)13-25-27(21)22/h4-7,10-14,24H,8-9H2,1-3H3. The Balaban J connectivity index is 1.63. The van der Waals surface area contributed by atoms with Crippen LogP contribution in [0.5, 0.6) is 0 Å². The Morgan fingerprint density at radius 1 is 0.926 bits per heavy atom. The number of nitrogens with one attached hydrogen (secondary N) is 1. The molecule has 0 amide bonds. The second kappa shape index (κ2) is 7.19. The molecular formula is C22H23N5. The van der Waals surface area contributed by atoms with Crippen LogP contribution in [0.1, 0.15) is 22.3 Å². The second-order valence-corrected chi connectivity index (χ2v) is 7.00. The van der Waals surface area contributed by atoms with Gasteiger partial charge >= 0.3 is 0 Å². The van der Waals surface area contributed by atoms with Gasteiger partial charge in [0.1, 0.15) is 5.82 Å². The molecule has 27 heavy (non-hydrogen) atoms. The first-order valence-electron chi connectivity index (χ1n) is 9.17. The number of fused-ring (bicyclic) bond motifs is 1. The topological polar surface area (TPSA) is 55.1 Å². The molecule has 136 valence electrons. The van der Waals surface area contributed by atoms with Crippen molar-refractivity contribution in [2.24, 2.45) is 0 Å². The van der Waals surface area contributed by atoms with Gasteiger partial charge in [0, 0.05) is 36.1 Å². The molecule has 0 aliphatic rings. The van der Waals surface area contributed by atoms with Crippen molar-refractivity contribution >= 4 is 11.5 Å². The third-order valence-electron chi connectivity index (χ3n) is 4.66. The zero-order chi connectivity index (χ0) is 18.8. The third-order valence-corrected chi connectivity index (χ3v) is 4.66. The molecule has 0 saturated heterocycles. The summed E-state index contributed by atoms with van der Waals surface area (Å²) >= 11 is 0. The molecule has 3 heterocycles. The number of benzene rings is 1. The van der Waals surface area contributed by atoms with Crippen LogP contribution in [0.4, 0.5) is 5.82 Å². The van der Waals surface area contributed by atoms with Gasteiger partial charge in [-0.25, -0.2) is 4.98 Å². The van der Waals surface area contributed by atoms with Crippen molar-refractivity contribution in [1.29, 1.82) is 0 Å². The molecule has 0 radical (unpaired) electrons. The summed E-state index contributed by atoms with van der Waals surface area (Å²) in [7, 11) is 0. The van der Waals surface area contributed by atoms with E-state index in [1.807, 2.05) is 43.0 Å². The molecule has 1 aromatic carbocycles. The monoisotopic (exact) mass is 357 g/mol. The summed E-state index contributed by atoms with van der Waals surface area (Å²) in [6.07, 6.45) is 6.51. The number of nitrogens with zero attached hydrogens (tertiary/aromatic N) is 4. The van der Waals surface area contributed by atoms with Crippen LogP contribution < -0.4 is 5.32 Å². The van der Waals surface area contributed by atoms with Gasteiger partial charge in [0.15, 0.2) is 5.65 Å². The summed E-state index contributed by atoms with van der Waals surface area (Å²) in [5.74, 6) is 0.941. The van der Waals surface area contributed by atoms with E-state index in [0.29, 0.717) is 0 Å². The number of aryl methyl sites for hydroxylation is 3. The Labute approximate surface area is 159 Å². The molecule has 3 aromatic heterocycles. The van der Waals surface area contributed by atoms with Gasteiger partial charge < -0.3 is 5.32 Å². The van der Waals surface area contributed by atoms with Crippen LogP contribution in [0.2, 0.25) is 0 Å². The second-order valence-electron chi connectivity index (χ2n) is 7.00. The highest BCUT2D eigenvalue weighted by Crippen LogP contribution is 2.23. The third kappa shape index (κ3) is 3.67. The summed E-state index contributed by atoms with van der Waals surface area (Å²) in [6.45, 7) is 7.01. The number of hydrogen-bond donors (Lipinski definition) is 1. The van der Waals surface area contributed by atoms with Crippen LogP contribution in [0.15, 0.2) is 55.0 Å². The molecule has 0 unspecified atom stereocenters. The largest absolute Gasteiger partial charge is 0.370 e. The van der Waals surface area contributed by atoms with Crippen molar-refractivity contribution < 1.29 is 0 Å². The zero-order valence-corrected chi connectivity index (χ0v) is 15.9. The first-order chi connectivity index (χ1) is 13.1. The summed E-state index contributed by atoms with van der Waals surface area (Å²) in [6, 6.07) is 12.8. The first-order valence-corrected chi connectivity index (χ1v) is 9.17. The van der Waals surface area contributed by atoms with E-state index in [1.165, 1.54) is 11.1 Å². The summed E-state index contributed by atoms with van der Waals surface area (Å²) < 4.78 is 1.87. The van der Waals surface area contributed by atoms with Crippen molar-refractivity contribution in [2.75, 3.05) is 11.9 Å². The maximum absolute atomic E-state index is 4.80. The Kier molecular flexibility index (Phi) is 4.59. The lowest BCUT2D eigenvalue weighted by Gasteiger charge is -2.11. The minimum Gasteiger partial charge on any atom is -0.370 e. The normalized spacial score (nSPS) is 11.1. The van der Waals surface area contributed by atoms with E-state index in [2.05, 4.69) is 52.7 Å². The average Bonchev–Trinajstić information content (AvgIpc) is 3.04. The number of anilines is 1. The van der Waals surface area contributed by atoms with E-state index >= 15 is 0 Å². The van der Waals surface area contributed by atoms with Crippen molar-refractivity contribution in [3.63, 3.8) is 0 Å². The van der Waals surface area contributed by atoms with Gasteiger partial charge in [-0.2, -0.15) is 9.61 Å². The van der Waals surface area contributed by atoms with Crippen LogP contribution in [0.25, 0.3) is 16.9 Å². The smallest absolute Gasteiger partial charge is 0.160 e. The summed E-state index contributed by atoms with van der Waals surface area (Å²) in [5.41, 5.74) is 7.56. The molecule has 0 aliphatic heterocycles. The van der Waals surface area contributed by atoms with Crippen LogP contribution in [-0.4, -0.2) is 26.1 Å². The lowest BCUT2D eigenvalue weighted by atomic mass is 10.1. The van der Waals surface area contributed by atoms with E-state index in [9.17, 15) is 0 Å². The van der Waals surface area contributed by atoms with E-state index in [-0.39, 0.29) is 0 Å². The molecule has 0 spiro atoms. The van der Waals surface area contributed by atoms with Crippen LogP contribution in [0.3, 0.4) is 0 Å². The molecule has 5 nitrogen and oxygen atoms in total. The van der Waals surface area contributed by atoms with Gasteiger partial charge in [0.25, 0.3) is 0 Å². The SMILES string of the molecule is Cc1ccc(CCNc2cc(-c3cncc(C)c3)nc3c(C)cnn23)cc1. The fraction of sp³-hybridized carbons (Fsp3) is 0.227. The Hall–Kier alpha value is -3.21. The van der Waals surface area contributed by atoms with Gasteiger partial charge in [-0.05, 0) is 44.4 Å². The molecule has 0 fully saturated rings. The molecule has 1 N–H and O–H groups in total. The van der Waals surface area contributed by atoms with Crippen molar-refractivity contribution in [3.05, 3.63) is 77.2 Å². The minimum absolute atomic E-state index is 0.826. The molecule has 0 saturated carbocycles. The van der Waals surface area contributed by atoms with Gasteiger partial charge in [0.05, 0.1) is 11.9 Å². The molecule has 4 aromatic rings. The summed E-state index contributed by atoms with van der Waals surface area (Å²) in [5, 5.41) is 8.01. The van der Waals surface area contributed by atoms with E-state index < -0.39 is 0 Å². The molecular weight excluding hydrogens is 334 g/mol. The lowest BCUT2D eigenvalue weighted by Crippen LogP contribution is -2.10. The first kappa shape index (κ1) is 17.2. The highest BCUT2D eigenvalue weighted by molar-refractivity contribution is 5.67. The van der Waals surface area contributed by atoms with E-state index in [1.54, 1.807) is 0 Å². The maximum Gasteiger partial charge on any atom is 0.160 e. The van der Waals surface area contributed by atoms with Gasteiger partial charge in [0.2, 0.25) is 0 Å². The lowest BCUT2D eigenvalue weighted by molar-refractivity contribution is 0.914. The molecule has 0 aliphatic carbocycles. The van der Waals surface area contributed by atoms with Crippen LogP contribution >= 0.6 is 0 Å². The fourth-order valence-corrected chi connectivity index (χ4v) is 3.13. The summed E-state index contributed by atoms with van der Waals surface area (Å²) in [4.78, 5) is 9.11. The van der Waals surface area contributed by atoms with Gasteiger partial charge in [-0.15, -0.1) is 0 Å². The number of pyridine rings is 1. The molecule has 4 rings (SSSR count). The van der Waals surface area contributed by atoms with Crippen LogP contribution in [-0.2, 0) is 6.42 Å². The van der Waals surface area contributed by atoms with E-state index in [0.717, 1.165) is 46.8 Å². The van der Waals surface area contributed by atoms with Crippen molar-refractivity contribution in [2.45, 2.75) is 27.2 Å². The molecule has 0 bridgehead atoms. The average molecular weight is 357 g/mol. The predicted molar refractivity (Wildman–Crippen MR) is 109 cm³/mol. The van der Waals surface area contributed by atoms with Crippen molar-refractivity contribution in [1.82, 2.24) is 19.6 Å². The van der Waals surface area contributed by atoms with Gasteiger partial charge in [-0.1, -0.05) is 29.8 Å². The minimum atomic E-state index is 0.826. The number of aromatic nitrogens is 4. The van der Waals surface area contributed by atoms with Gasteiger partial charge in [-0.3, -0.25) is 4.98 Å². The Morgan fingerprint density at radius 2 is 1.74 bits per heavy atom. The Morgan fingerprint density at radius 3 is 2.52 bits per heavy atom. The molecule has 0 atom stereocenters. The Bertz CT molecular complexity index is 1080. The fourth-order valence-electron chi connectivity index (χ4n) is 3.13. The number of rotatable bonds is 5. The zero-order valence-electron chi connectivity index (χ0n) is 15.9. The predicted octanol–water partition coefficient (Wildman–Crippen LogP) is 4.37. The van der Waals surface area contributed by atoms with Crippen molar-refractivity contribution in [3.8, 4) is 11.3 Å². The number of hydrogen-bond acceptors (Lipinski definition) is 4. The molecule has 5 heteroatoms. The van der Waals surface area contributed by atoms with Crippen LogP contribution in [0, 0.1) is 20.8 Å².